The van der Waals surface area contributed by atoms with E-state index in [2.05, 4.69) is 5.32 Å². The van der Waals surface area contributed by atoms with Gasteiger partial charge in [-0.3, -0.25) is 9.59 Å². The zero-order valence-corrected chi connectivity index (χ0v) is 15.4. The topological polar surface area (TPSA) is 58.6 Å². The van der Waals surface area contributed by atoms with Crippen LogP contribution in [0, 0.1) is 12.8 Å². The fraction of sp³-hybridized carbons (Fsp3) is 0.333. The van der Waals surface area contributed by atoms with Crippen molar-refractivity contribution in [1.29, 1.82) is 0 Å². The number of nitrogens with one attached hydrogen (secondary N) is 1. The predicted octanol–water partition coefficient (Wildman–Crippen LogP) is 3.91. The van der Waals surface area contributed by atoms with Gasteiger partial charge in [0.25, 0.3) is 5.91 Å². The monoisotopic (exact) mass is 352 g/mol. The largest absolute Gasteiger partial charge is 0.482 e. The summed E-state index contributed by atoms with van der Waals surface area (Å²) >= 11 is 0. The minimum absolute atomic E-state index is 0.0257. The second kappa shape index (κ2) is 7.60. The van der Waals surface area contributed by atoms with E-state index >= 15 is 0 Å². The van der Waals surface area contributed by atoms with Gasteiger partial charge in [-0.25, -0.2) is 0 Å². The summed E-state index contributed by atoms with van der Waals surface area (Å²) < 4.78 is 5.55. The highest BCUT2D eigenvalue weighted by molar-refractivity contribution is 5.99. The van der Waals surface area contributed by atoms with Crippen LogP contribution in [-0.2, 0) is 16.1 Å². The van der Waals surface area contributed by atoms with E-state index < -0.39 is 0 Å². The number of benzene rings is 2. The van der Waals surface area contributed by atoms with Crippen LogP contribution in [0.25, 0.3) is 0 Å². The lowest BCUT2D eigenvalue weighted by Crippen LogP contribution is -2.38. The number of amides is 2. The average molecular weight is 352 g/mol. The highest BCUT2D eigenvalue weighted by atomic mass is 16.5. The summed E-state index contributed by atoms with van der Waals surface area (Å²) in [6.07, 6.45) is 0.458. The first-order valence-electron chi connectivity index (χ1n) is 8.85. The Balaban J connectivity index is 1.87. The number of rotatable bonds is 5. The molecule has 0 unspecified atom stereocenters. The van der Waals surface area contributed by atoms with E-state index in [9.17, 15) is 9.59 Å². The Morgan fingerprint density at radius 1 is 1.23 bits per heavy atom. The van der Waals surface area contributed by atoms with Crippen LogP contribution in [0.4, 0.5) is 11.4 Å². The van der Waals surface area contributed by atoms with Crippen molar-refractivity contribution in [3.8, 4) is 5.75 Å². The molecule has 5 nitrogen and oxygen atoms in total. The minimum atomic E-state index is -0.0913. The van der Waals surface area contributed by atoms with E-state index in [-0.39, 0.29) is 24.3 Å². The number of aryl methyl sites for hydroxylation is 1. The third kappa shape index (κ3) is 4.04. The molecule has 1 aliphatic heterocycles. The Morgan fingerprint density at radius 3 is 2.73 bits per heavy atom. The van der Waals surface area contributed by atoms with Crippen LogP contribution in [0.2, 0.25) is 0 Å². The molecule has 2 aromatic carbocycles. The highest BCUT2D eigenvalue weighted by Gasteiger charge is 2.26. The molecule has 5 heteroatoms. The second-order valence-electron chi connectivity index (χ2n) is 7.02. The molecule has 0 saturated carbocycles. The lowest BCUT2D eigenvalue weighted by Gasteiger charge is -2.30. The number of carbonyl (C=O) groups excluding carboxylic acids is 2. The molecule has 0 fully saturated rings. The van der Waals surface area contributed by atoms with E-state index in [0.717, 1.165) is 11.1 Å². The molecular formula is C21H24N2O3. The summed E-state index contributed by atoms with van der Waals surface area (Å²) in [6, 6.07) is 13.4. The standard InChI is InChI=1S/C21H24N2O3/c1-14(2)10-20(24)22-17-8-9-19-18(11-17)23(21(25)13-26-19)12-16-7-5-4-6-15(16)3/h4-9,11,14H,10,12-13H2,1-3H3,(H,22,24). The van der Waals surface area contributed by atoms with Crippen molar-refractivity contribution >= 4 is 23.2 Å². The predicted molar refractivity (Wildman–Crippen MR) is 102 cm³/mol. The summed E-state index contributed by atoms with van der Waals surface area (Å²) in [4.78, 5) is 26.2. The van der Waals surface area contributed by atoms with Crippen LogP contribution in [0.3, 0.4) is 0 Å². The SMILES string of the molecule is Cc1ccccc1CN1C(=O)COc2ccc(NC(=O)CC(C)C)cc21. The lowest BCUT2D eigenvalue weighted by molar-refractivity contribution is -0.121. The molecule has 0 aromatic heterocycles. The van der Waals surface area contributed by atoms with Gasteiger partial charge in [-0.05, 0) is 42.2 Å². The van der Waals surface area contributed by atoms with Gasteiger partial charge in [-0.1, -0.05) is 38.1 Å². The summed E-state index contributed by atoms with van der Waals surface area (Å²) in [7, 11) is 0. The average Bonchev–Trinajstić information content (AvgIpc) is 2.58. The first-order chi connectivity index (χ1) is 12.4. The molecule has 2 amide bonds. The molecule has 0 aliphatic carbocycles. The maximum absolute atomic E-state index is 12.5. The Hall–Kier alpha value is -2.82. The van der Waals surface area contributed by atoms with Crippen LogP contribution in [0.15, 0.2) is 42.5 Å². The van der Waals surface area contributed by atoms with Gasteiger partial charge < -0.3 is 15.0 Å². The summed E-state index contributed by atoms with van der Waals surface area (Å²) in [5, 5.41) is 2.90. The zero-order valence-electron chi connectivity index (χ0n) is 15.4. The summed E-state index contributed by atoms with van der Waals surface area (Å²) in [6.45, 7) is 6.54. The second-order valence-corrected chi connectivity index (χ2v) is 7.02. The molecule has 136 valence electrons. The molecule has 0 radical (unpaired) electrons. The first-order valence-corrected chi connectivity index (χ1v) is 8.85. The van der Waals surface area contributed by atoms with E-state index in [0.29, 0.717) is 30.1 Å². The lowest BCUT2D eigenvalue weighted by atomic mass is 10.1. The number of carbonyl (C=O) groups is 2. The number of anilines is 2. The molecule has 0 bridgehead atoms. The highest BCUT2D eigenvalue weighted by Crippen LogP contribution is 2.35. The van der Waals surface area contributed by atoms with Crippen molar-refractivity contribution in [2.45, 2.75) is 33.7 Å². The maximum Gasteiger partial charge on any atom is 0.265 e. The van der Waals surface area contributed by atoms with Gasteiger partial charge in [0.15, 0.2) is 6.61 Å². The number of hydrogen-bond acceptors (Lipinski definition) is 3. The Labute approximate surface area is 154 Å². The van der Waals surface area contributed by atoms with Crippen molar-refractivity contribution < 1.29 is 14.3 Å². The molecule has 1 N–H and O–H groups in total. The summed E-state index contributed by atoms with van der Waals surface area (Å²) in [5.74, 6) is 0.815. The number of ether oxygens (including phenoxy) is 1. The quantitative estimate of drug-likeness (QED) is 0.888. The molecule has 3 rings (SSSR count). The van der Waals surface area contributed by atoms with E-state index in [4.69, 9.17) is 4.74 Å². The van der Waals surface area contributed by atoms with Crippen LogP contribution >= 0.6 is 0 Å². The van der Waals surface area contributed by atoms with Gasteiger partial charge in [0.05, 0.1) is 12.2 Å². The molecule has 0 saturated heterocycles. The fourth-order valence-electron chi connectivity index (χ4n) is 2.99. The molecule has 26 heavy (non-hydrogen) atoms. The van der Waals surface area contributed by atoms with Crippen molar-refractivity contribution in [2.75, 3.05) is 16.8 Å². The van der Waals surface area contributed by atoms with Crippen LogP contribution in [0.5, 0.6) is 5.75 Å². The van der Waals surface area contributed by atoms with Crippen molar-refractivity contribution in [3.63, 3.8) is 0 Å². The van der Waals surface area contributed by atoms with Gasteiger partial charge in [0.2, 0.25) is 5.91 Å². The van der Waals surface area contributed by atoms with Crippen molar-refractivity contribution in [3.05, 3.63) is 53.6 Å². The minimum Gasteiger partial charge on any atom is -0.482 e. The Kier molecular flexibility index (Phi) is 5.26. The number of hydrogen-bond donors (Lipinski definition) is 1. The fourth-order valence-corrected chi connectivity index (χ4v) is 2.99. The van der Waals surface area contributed by atoms with Gasteiger partial charge in [-0.15, -0.1) is 0 Å². The molecule has 1 aliphatic rings. The number of nitrogens with zero attached hydrogens (tertiary/aromatic N) is 1. The molecule has 0 spiro atoms. The Morgan fingerprint density at radius 2 is 2.00 bits per heavy atom. The van der Waals surface area contributed by atoms with Crippen LogP contribution < -0.4 is 15.0 Å². The van der Waals surface area contributed by atoms with Gasteiger partial charge in [-0.2, -0.15) is 0 Å². The maximum atomic E-state index is 12.5. The van der Waals surface area contributed by atoms with Gasteiger partial charge >= 0.3 is 0 Å². The van der Waals surface area contributed by atoms with Crippen molar-refractivity contribution in [2.24, 2.45) is 5.92 Å². The third-order valence-corrected chi connectivity index (χ3v) is 4.37. The van der Waals surface area contributed by atoms with Gasteiger partial charge in [0.1, 0.15) is 5.75 Å². The number of fused-ring (bicyclic) bond motifs is 1. The Bertz CT molecular complexity index is 830. The van der Waals surface area contributed by atoms with E-state index in [1.807, 2.05) is 51.1 Å². The molecule has 2 aromatic rings. The van der Waals surface area contributed by atoms with Crippen molar-refractivity contribution in [1.82, 2.24) is 0 Å². The van der Waals surface area contributed by atoms with Gasteiger partial charge in [0, 0.05) is 12.1 Å². The van der Waals surface area contributed by atoms with E-state index in [1.165, 1.54) is 0 Å². The normalized spacial score (nSPS) is 13.4. The summed E-state index contributed by atoms with van der Waals surface area (Å²) in [5.41, 5.74) is 3.58. The first kappa shape index (κ1) is 18.0. The molecule has 1 heterocycles. The van der Waals surface area contributed by atoms with Crippen LogP contribution in [-0.4, -0.2) is 18.4 Å². The third-order valence-electron chi connectivity index (χ3n) is 4.37. The van der Waals surface area contributed by atoms with Crippen LogP contribution in [0.1, 0.15) is 31.4 Å². The smallest absolute Gasteiger partial charge is 0.265 e. The molecular weight excluding hydrogens is 328 g/mol. The molecule has 0 atom stereocenters. The zero-order chi connectivity index (χ0) is 18.7. The van der Waals surface area contributed by atoms with E-state index in [1.54, 1.807) is 17.0 Å².